The Morgan fingerprint density at radius 3 is 2.08 bits per heavy atom. The van der Waals surface area contributed by atoms with Gasteiger partial charge < -0.3 is 14.4 Å². The lowest BCUT2D eigenvalue weighted by Crippen LogP contribution is -2.48. The number of ketones is 1. The number of hydrogen-bond donors (Lipinski definition) is 0. The number of nitrogens with zero attached hydrogens (tertiary/aromatic N) is 1. The molecule has 1 heterocycles. The molecule has 1 fully saturated rings. The summed E-state index contributed by atoms with van der Waals surface area (Å²) in [6, 6.07) is 24.1. The van der Waals surface area contributed by atoms with E-state index in [-0.39, 0.29) is 11.7 Å². The molecule has 0 aliphatic carbocycles. The third-order valence-corrected chi connectivity index (χ3v) is 7.32. The molecule has 3 atom stereocenters. The quantitative estimate of drug-likeness (QED) is 0.215. The Bertz CT molecular complexity index is 1220. The van der Waals surface area contributed by atoms with Crippen LogP contribution in [0.1, 0.15) is 38.9 Å². The zero-order valence-corrected chi connectivity index (χ0v) is 22.5. The smallest absolute Gasteiger partial charge is 0.318 e. The SMILES string of the molecule is COC(=O)[C@H](C(=O)N1CCOCC1)[C@H](c1ccc(Br)cc1)[C@@H](C(=O)c1ccc(C)cc1)c1ccccc1. The molecule has 37 heavy (non-hydrogen) atoms. The van der Waals surface area contributed by atoms with E-state index in [9.17, 15) is 14.4 Å². The maximum Gasteiger partial charge on any atom is 0.318 e. The van der Waals surface area contributed by atoms with Gasteiger partial charge in [0.15, 0.2) is 5.78 Å². The van der Waals surface area contributed by atoms with Gasteiger partial charge in [0.2, 0.25) is 5.91 Å². The summed E-state index contributed by atoms with van der Waals surface area (Å²) < 4.78 is 11.5. The van der Waals surface area contributed by atoms with E-state index in [1.165, 1.54) is 7.11 Å². The van der Waals surface area contributed by atoms with Crippen LogP contribution in [-0.2, 0) is 19.1 Å². The zero-order chi connectivity index (χ0) is 26.4. The van der Waals surface area contributed by atoms with Gasteiger partial charge in [-0.25, -0.2) is 0 Å². The molecule has 0 unspecified atom stereocenters. The lowest BCUT2D eigenvalue weighted by atomic mass is 9.70. The second-order valence-electron chi connectivity index (χ2n) is 9.13. The summed E-state index contributed by atoms with van der Waals surface area (Å²) in [7, 11) is 1.28. The second kappa shape index (κ2) is 12.3. The highest BCUT2D eigenvalue weighted by Crippen LogP contribution is 2.43. The van der Waals surface area contributed by atoms with Crippen LogP contribution in [0.2, 0.25) is 0 Å². The van der Waals surface area contributed by atoms with Crippen molar-refractivity contribution in [3.05, 3.63) is 106 Å². The number of hydrogen-bond acceptors (Lipinski definition) is 5. The number of ether oxygens (including phenoxy) is 2. The van der Waals surface area contributed by atoms with E-state index in [2.05, 4.69) is 15.9 Å². The van der Waals surface area contributed by atoms with Crippen LogP contribution in [-0.4, -0.2) is 56.0 Å². The molecule has 192 valence electrons. The number of methoxy groups -OCH3 is 1. The Labute approximate surface area is 225 Å². The maximum absolute atomic E-state index is 14.2. The standard InChI is InChI=1S/C30H30BrNO5/c1-20-8-10-23(11-9-20)28(33)26(21-6-4-3-5-7-21)25(22-12-14-24(31)15-13-22)27(30(35)36-2)29(34)32-16-18-37-19-17-32/h3-15,25-27H,16-19H2,1-2H3/t25-,26+,27+/m1/s1. The first kappa shape index (κ1) is 26.8. The van der Waals surface area contributed by atoms with Crippen molar-refractivity contribution in [2.45, 2.75) is 18.8 Å². The number of carbonyl (C=O) groups excluding carboxylic acids is 3. The Balaban J connectivity index is 1.91. The molecule has 1 amide bonds. The van der Waals surface area contributed by atoms with Crippen LogP contribution in [0.15, 0.2) is 83.3 Å². The first-order valence-corrected chi connectivity index (χ1v) is 13.1. The molecule has 0 spiro atoms. The van der Waals surface area contributed by atoms with E-state index < -0.39 is 23.7 Å². The van der Waals surface area contributed by atoms with Gasteiger partial charge in [-0.1, -0.05) is 88.2 Å². The number of carbonyl (C=O) groups is 3. The van der Waals surface area contributed by atoms with Crippen molar-refractivity contribution in [3.8, 4) is 0 Å². The van der Waals surface area contributed by atoms with Gasteiger partial charge in [0.25, 0.3) is 0 Å². The van der Waals surface area contributed by atoms with Crippen LogP contribution in [0.5, 0.6) is 0 Å². The predicted molar refractivity (Wildman–Crippen MR) is 144 cm³/mol. The van der Waals surface area contributed by atoms with E-state index in [1.54, 1.807) is 17.0 Å². The number of aryl methyl sites for hydroxylation is 1. The van der Waals surface area contributed by atoms with Gasteiger partial charge in [0.05, 0.1) is 26.2 Å². The molecule has 1 aliphatic rings. The Morgan fingerprint density at radius 1 is 0.865 bits per heavy atom. The summed E-state index contributed by atoms with van der Waals surface area (Å²) in [5.74, 6) is -4.01. The van der Waals surface area contributed by atoms with Gasteiger partial charge in [0.1, 0.15) is 5.92 Å². The third kappa shape index (κ3) is 6.17. The number of esters is 1. The molecule has 0 N–H and O–H groups in total. The van der Waals surface area contributed by atoms with Gasteiger partial charge in [-0.15, -0.1) is 0 Å². The summed E-state index contributed by atoms with van der Waals surface area (Å²) in [5.41, 5.74) is 2.98. The number of amides is 1. The molecule has 0 radical (unpaired) electrons. The molecule has 3 aromatic rings. The largest absolute Gasteiger partial charge is 0.468 e. The van der Waals surface area contributed by atoms with Crippen molar-refractivity contribution in [2.24, 2.45) is 5.92 Å². The number of benzene rings is 3. The minimum Gasteiger partial charge on any atom is -0.468 e. The van der Waals surface area contributed by atoms with Gasteiger partial charge in [0, 0.05) is 29.0 Å². The minimum absolute atomic E-state index is 0.164. The van der Waals surface area contributed by atoms with Crippen LogP contribution in [0.4, 0.5) is 0 Å². The van der Waals surface area contributed by atoms with E-state index in [4.69, 9.17) is 9.47 Å². The van der Waals surface area contributed by atoms with Gasteiger partial charge >= 0.3 is 5.97 Å². The summed E-state index contributed by atoms with van der Waals surface area (Å²) in [6.45, 7) is 3.50. The molecule has 0 aromatic heterocycles. The predicted octanol–water partition coefficient (Wildman–Crippen LogP) is 5.16. The van der Waals surface area contributed by atoms with E-state index in [1.807, 2.05) is 73.7 Å². The molecule has 0 saturated carbocycles. The molecule has 3 aromatic carbocycles. The number of rotatable bonds is 8. The number of Topliss-reactive ketones (excluding diaryl/α,β-unsaturated/α-hetero) is 1. The highest BCUT2D eigenvalue weighted by atomic mass is 79.9. The summed E-state index contributed by atoms with van der Waals surface area (Å²) in [6.07, 6.45) is 0. The van der Waals surface area contributed by atoms with Crippen LogP contribution in [0.3, 0.4) is 0 Å². The highest BCUT2D eigenvalue weighted by Gasteiger charge is 2.46. The monoisotopic (exact) mass is 563 g/mol. The van der Waals surface area contributed by atoms with Crippen molar-refractivity contribution in [3.63, 3.8) is 0 Å². The summed E-state index contributed by atoms with van der Waals surface area (Å²) in [5, 5.41) is 0. The van der Waals surface area contributed by atoms with E-state index in [0.29, 0.717) is 37.4 Å². The first-order chi connectivity index (χ1) is 17.9. The van der Waals surface area contributed by atoms with Crippen molar-refractivity contribution < 1.29 is 23.9 Å². The average Bonchev–Trinajstić information content (AvgIpc) is 2.94. The fourth-order valence-corrected chi connectivity index (χ4v) is 5.11. The van der Waals surface area contributed by atoms with Crippen LogP contribution < -0.4 is 0 Å². The van der Waals surface area contributed by atoms with Crippen LogP contribution in [0.25, 0.3) is 0 Å². The van der Waals surface area contributed by atoms with E-state index in [0.717, 1.165) is 15.6 Å². The topological polar surface area (TPSA) is 72.9 Å². The Kier molecular flexibility index (Phi) is 8.90. The molecule has 1 saturated heterocycles. The van der Waals surface area contributed by atoms with Crippen molar-refractivity contribution in [1.82, 2.24) is 4.90 Å². The third-order valence-electron chi connectivity index (χ3n) is 6.79. The molecule has 1 aliphatic heterocycles. The molecule has 6 nitrogen and oxygen atoms in total. The van der Waals surface area contributed by atoms with Crippen LogP contribution in [0, 0.1) is 12.8 Å². The second-order valence-corrected chi connectivity index (χ2v) is 10.1. The molecule has 4 rings (SSSR count). The van der Waals surface area contributed by atoms with Gasteiger partial charge in [-0.3, -0.25) is 14.4 Å². The number of morpholine rings is 1. The summed E-state index contributed by atoms with van der Waals surface area (Å²) in [4.78, 5) is 43.2. The van der Waals surface area contributed by atoms with Gasteiger partial charge in [-0.05, 0) is 30.2 Å². The molecule has 0 bridgehead atoms. The lowest BCUT2D eigenvalue weighted by molar-refractivity contribution is -0.156. The van der Waals surface area contributed by atoms with Crippen LogP contribution >= 0.6 is 15.9 Å². The zero-order valence-electron chi connectivity index (χ0n) is 20.9. The number of halogens is 1. The Morgan fingerprint density at radius 2 is 1.49 bits per heavy atom. The minimum atomic E-state index is -1.22. The average molecular weight is 564 g/mol. The van der Waals surface area contributed by atoms with Crippen molar-refractivity contribution in [2.75, 3.05) is 33.4 Å². The van der Waals surface area contributed by atoms with Crippen molar-refractivity contribution >= 4 is 33.6 Å². The fourth-order valence-electron chi connectivity index (χ4n) is 4.85. The van der Waals surface area contributed by atoms with Crippen molar-refractivity contribution in [1.29, 1.82) is 0 Å². The van der Waals surface area contributed by atoms with Gasteiger partial charge in [-0.2, -0.15) is 0 Å². The fraction of sp³-hybridized carbons (Fsp3) is 0.300. The summed E-state index contributed by atoms with van der Waals surface area (Å²) >= 11 is 3.47. The van der Waals surface area contributed by atoms with E-state index >= 15 is 0 Å². The molecular formula is C30H30BrNO5. The first-order valence-electron chi connectivity index (χ1n) is 12.3. The maximum atomic E-state index is 14.2. The normalized spacial score (nSPS) is 15.9. The molecular weight excluding hydrogens is 534 g/mol. The highest BCUT2D eigenvalue weighted by molar-refractivity contribution is 9.10. The lowest BCUT2D eigenvalue weighted by Gasteiger charge is -2.36. The Hall–Kier alpha value is -3.29. The molecule has 7 heteroatoms.